The zero-order valence-corrected chi connectivity index (χ0v) is 17.4. The molecule has 0 radical (unpaired) electrons. The van der Waals surface area contributed by atoms with E-state index in [2.05, 4.69) is 0 Å². The summed E-state index contributed by atoms with van der Waals surface area (Å²) in [6, 6.07) is 12.7. The number of nitrogens with zero attached hydrogens (tertiary/aromatic N) is 1. The molecule has 1 aliphatic rings. The third-order valence-corrected chi connectivity index (χ3v) is 7.24. The van der Waals surface area contributed by atoms with Gasteiger partial charge in [0.15, 0.2) is 0 Å². The predicted octanol–water partition coefficient (Wildman–Crippen LogP) is 1.18. The van der Waals surface area contributed by atoms with Gasteiger partial charge in [-0.05, 0) is 49.2 Å². The number of rotatable bonds is 5. The maximum absolute atomic E-state index is 12.9. The van der Waals surface area contributed by atoms with Crippen LogP contribution in [0.25, 0.3) is 0 Å². The summed E-state index contributed by atoms with van der Waals surface area (Å²) < 4.78 is 32.2. The van der Waals surface area contributed by atoms with E-state index >= 15 is 0 Å². The highest BCUT2D eigenvalue weighted by Gasteiger charge is 2.30. The molecule has 0 atom stereocenters. The van der Waals surface area contributed by atoms with E-state index in [0.717, 1.165) is 36.3 Å². The first-order valence-corrected chi connectivity index (χ1v) is 10.8. The van der Waals surface area contributed by atoms with Crippen molar-refractivity contribution in [1.29, 1.82) is 0 Å². The Hall–Kier alpha value is -2.22. The molecule has 0 aliphatic carbocycles. The van der Waals surface area contributed by atoms with Crippen LogP contribution in [0.2, 0.25) is 0 Å². The molecule has 0 amide bonds. The molecule has 1 N–H and O–H groups in total. The molecule has 0 aromatic heterocycles. The van der Waals surface area contributed by atoms with E-state index in [9.17, 15) is 13.2 Å². The van der Waals surface area contributed by atoms with Crippen LogP contribution in [-0.2, 0) is 21.3 Å². The molecule has 6 nitrogen and oxygen atoms in total. The Balaban J connectivity index is 1.64. The Kier molecular flexibility index (Phi) is 6.17. The standard InChI is InChI=1S/C21H26N2O4S/c1-16-7-8-20(13-17(16)2)28(25,26)23-11-9-22(10-12-23)15-18-5-4-6-19(14-18)21(24)27-3/h4-8,13-14H,9-12,15H2,1-3H3/p+1. The van der Waals surface area contributed by atoms with Gasteiger partial charge in [-0.2, -0.15) is 4.31 Å². The first-order chi connectivity index (χ1) is 13.3. The molecule has 2 aromatic carbocycles. The summed E-state index contributed by atoms with van der Waals surface area (Å²) in [5, 5.41) is 0. The second kappa shape index (κ2) is 8.43. The van der Waals surface area contributed by atoms with Gasteiger partial charge in [-0.1, -0.05) is 18.2 Å². The van der Waals surface area contributed by atoms with Gasteiger partial charge in [0.2, 0.25) is 10.0 Å². The van der Waals surface area contributed by atoms with Crippen molar-refractivity contribution >= 4 is 16.0 Å². The monoisotopic (exact) mass is 403 g/mol. The molecule has 1 fully saturated rings. The molecular formula is C21H27N2O4S+. The van der Waals surface area contributed by atoms with Gasteiger partial charge in [-0.15, -0.1) is 0 Å². The molecule has 2 aromatic rings. The number of hydrogen-bond acceptors (Lipinski definition) is 4. The molecule has 0 unspecified atom stereocenters. The predicted molar refractivity (Wildman–Crippen MR) is 107 cm³/mol. The summed E-state index contributed by atoms with van der Waals surface area (Å²) in [4.78, 5) is 13.4. The summed E-state index contributed by atoms with van der Waals surface area (Å²) in [5.74, 6) is -0.346. The average Bonchev–Trinajstić information content (AvgIpc) is 2.70. The second-order valence-electron chi connectivity index (χ2n) is 7.27. The highest BCUT2D eigenvalue weighted by atomic mass is 32.2. The summed E-state index contributed by atoms with van der Waals surface area (Å²) >= 11 is 0. The van der Waals surface area contributed by atoms with Gasteiger partial charge in [0.25, 0.3) is 0 Å². The number of carbonyl (C=O) groups excluding carboxylic acids is 1. The quantitative estimate of drug-likeness (QED) is 0.762. The lowest BCUT2D eigenvalue weighted by Crippen LogP contribution is -3.13. The summed E-state index contributed by atoms with van der Waals surface area (Å²) in [6.07, 6.45) is 0. The molecule has 7 heteroatoms. The summed E-state index contributed by atoms with van der Waals surface area (Å²) in [6.45, 7) is 7.09. The van der Waals surface area contributed by atoms with Gasteiger partial charge in [0, 0.05) is 5.56 Å². The maximum Gasteiger partial charge on any atom is 0.337 e. The Morgan fingerprint density at radius 3 is 2.43 bits per heavy atom. The second-order valence-corrected chi connectivity index (χ2v) is 9.21. The van der Waals surface area contributed by atoms with Gasteiger partial charge >= 0.3 is 5.97 Å². The van der Waals surface area contributed by atoms with Crippen LogP contribution in [0, 0.1) is 13.8 Å². The Labute approximate surface area is 166 Å². The lowest BCUT2D eigenvalue weighted by molar-refractivity contribution is -0.917. The first-order valence-electron chi connectivity index (χ1n) is 9.39. The van der Waals surface area contributed by atoms with Crippen molar-refractivity contribution in [2.75, 3.05) is 33.3 Å². The number of benzene rings is 2. The Morgan fingerprint density at radius 2 is 1.79 bits per heavy atom. The number of aryl methyl sites for hydroxylation is 2. The Morgan fingerprint density at radius 1 is 1.07 bits per heavy atom. The summed E-state index contributed by atoms with van der Waals surface area (Å²) in [7, 11) is -2.09. The fourth-order valence-electron chi connectivity index (χ4n) is 3.46. The third-order valence-electron chi connectivity index (χ3n) is 5.35. The molecule has 3 rings (SSSR count). The van der Waals surface area contributed by atoms with Crippen LogP contribution in [0.5, 0.6) is 0 Å². The van der Waals surface area contributed by atoms with Crippen LogP contribution in [-0.4, -0.2) is 52.0 Å². The molecular weight excluding hydrogens is 376 g/mol. The maximum atomic E-state index is 12.9. The molecule has 0 saturated carbocycles. The number of ether oxygens (including phenoxy) is 1. The van der Waals surface area contributed by atoms with Crippen LogP contribution in [0.15, 0.2) is 47.4 Å². The fraction of sp³-hybridized carbons (Fsp3) is 0.381. The van der Waals surface area contributed by atoms with Crippen LogP contribution < -0.4 is 4.90 Å². The van der Waals surface area contributed by atoms with Crippen molar-refractivity contribution in [3.05, 3.63) is 64.7 Å². The number of sulfonamides is 1. The SMILES string of the molecule is COC(=O)c1cccc(C[NH+]2CCN(S(=O)(=O)c3ccc(C)c(C)c3)CC2)c1. The van der Waals surface area contributed by atoms with Crippen molar-refractivity contribution in [2.45, 2.75) is 25.3 Å². The number of hydrogen-bond donors (Lipinski definition) is 1. The lowest BCUT2D eigenvalue weighted by Gasteiger charge is -2.31. The molecule has 1 saturated heterocycles. The number of piperazine rings is 1. The van der Waals surface area contributed by atoms with Crippen molar-refractivity contribution in [3.8, 4) is 0 Å². The molecule has 0 spiro atoms. The van der Waals surface area contributed by atoms with Gasteiger partial charge in [0.1, 0.15) is 6.54 Å². The van der Waals surface area contributed by atoms with Gasteiger partial charge < -0.3 is 9.64 Å². The number of carbonyl (C=O) groups is 1. The van der Waals surface area contributed by atoms with E-state index in [4.69, 9.17) is 4.74 Å². The van der Waals surface area contributed by atoms with Crippen LogP contribution >= 0.6 is 0 Å². The lowest BCUT2D eigenvalue weighted by atomic mass is 10.1. The normalized spacial score (nSPS) is 16.1. The van der Waals surface area contributed by atoms with Crippen molar-refractivity contribution in [3.63, 3.8) is 0 Å². The Bertz CT molecular complexity index is 964. The van der Waals surface area contributed by atoms with E-state index in [1.807, 2.05) is 38.1 Å². The highest BCUT2D eigenvalue weighted by molar-refractivity contribution is 7.89. The third kappa shape index (κ3) is 4.43. The number of esters is 1. The van der Waals surface area contributed by atoms with E-state index < -0.39 is 10.0 Å². The van der Waals surface area contributed by atoms with Crippen LogP contribution in [0.3, 0.4) is 0 Å². The molecule has 1 heterocycles. The number of methoxy groups -OCH3 is 1. The van der Waals surface area contributed by atoms with E-state index in [1.165, 1.54) is 12.0 Å². The fourth-order valence-corrected chi connectivity index (χ4v) is 4.98. The molecule has 150 valence electrons. The zero-order valence-electron chi connectivity index (χ0n) is 16.6. The minimum Gasteiger partial charge on any atom is -0.465 e. The largest absolute Gasteiger partial charge is 0.465 e. The van der Waals surface area contributed by atoms with Crippen molar-refractivity contribution < 1.29 is 22.8 Å². The average molecular weight is 404 g/mol. The number of quaternary nitrogens is 1. The minimum absolute atomic E-state index is 0.346. The van der Waals surface area contributed by atoms with Gasteiger partial charge in [-0.25, -0.2) is 13.2 Å². The topological polar surface area (TPSA) is 68.1 Å². The van der Waals surface area contributed by atoms with Crippen molar-refractivity contribution in [1.82, 2.24) is 4.31 Å². The van der Waals surface area contributed by atoms with Gasteiger partial charge in [0.05, 0.1) is 43.7 Å². The summed E-state index contributed by atoms with van der Waals surface area (Å²) in [5.41, 5.74) is 3.65. The number of nitrogens with one attached hydrogen (secondary N) is 1. The van der Waals surface area contributed by atoms with Crippen LogP contribution in [0.4, 0.5) is 0 Å². The minimum atomic E-state index is -3.46. The molecule has 28 heavy (non-hydrogen) atoms. The first kappa shape index (κ1) is 20.5. The smallest absolute Gasteiger partial charge is 0.337 e. The van der Waals surface area contributed by atoms with Gasteiger partial charge in [-0.3, -0.25) is 0 Å². The zero-order chi connectivity index (χ0) is 20.3. The molecule has 0 bridgehead atoms. The van der Waals surface area contributed by atoms with E-state index in [1.54, 1.807) is 22.5 Å². The molecule has 1 aliphatic heterocycles. The van der Waals surface area contributed by atoms with Crippen LogP contribution in [0.1, 0.15) is 27.0 Å². The highest BCUT2D eigenvalue weighted by Crippen LogP contribution is 2.19. The van der Waals surface area contributed by atoms with E-state index in [0.29, 0.717) is 23.5 Å². The van der Waals surface area contributed by atoms with E-state index in [-0.39, 0.29) is 5.97 Å². The van der Waals surface area contributed by atoms with Crippen molar-refractivity contribution in [2.24, 2.45) is 0 Å².